The Kier molecular flexibility index (Phi) is 5.95. The van der Waals surface area contributed by atoms with Crippen LogP contribution in [0.1, 0.15) is 11.1 Å². The van der Waals surface area contributed by atoms with Gasteiger partial charge in [-0.25, -0.2) is 9.67 Å². The number of rotatable bonds is 6. The fraction of sp³-hybridized carbons (Fsp3) is 0.150. The fourth-order valence-electron chi connectivity index (χ4n) is 2.74. The maximum absolute atomic E-state index is 13.1. The number of alkyl halides is 3. The number of aromatic nitrogens is 5. The lowest BCUT2D eigenvalue weighted by molar-refractivity contribution is -0.137. The second-order valence-corrected chi connectivity index (χ2v) is 7.57. The predicted molar refractivity (Wildman–Crippen MR) is 110 cm³/mol. The predicted octanol–water partition coefficient (Wildman–Crippen LogP) is 4.38. The first-order valence-electron chi connectivity index (χ1n) is 9.19. The smallest absolute Gasteiger partial charge is 0.411 e. The van der Waals surface area contributed by atoms with Gasteiger partial charge in [0.1, 0.15) is 12.7 Å². The van der Waals surface area contributed by atoms with Crippen LogP contribution in [0.25, 0.3) is 17.1 Å². The summed E-state index contributed by atoms with van der Waals surface area (Å²) in [7, 11) is 0. The molecule has 2 aromatic heterocycles. The Labute approximate surface area is 183 Å². The molecule has 2 heterocycles. The maximum Gasteiger partial charge on any atom is 0.416 e. The minimum Gasteiger partial charge on any atom is -0.411 e. The molecule has 164 valence electrons. The number of benzene rings is 2. The van der Waals surface area contributed by atoms with Gasteiger partial charge in [0.05, 0.1) is 22.7 Å². The van der Waals surface area contributed by atoms with Gasteiger partial charge in [-0.05, 0) is 37.3 Å². The Hall–Kier alpha value is -3.67. The van der Waals surface area contributed by atoms with E-state index in [2.05, 4.69) is 25.6 Å². The van der Waals surface area contributed by atoms with Gasteiger partial charge in [0, 0.05) is 5.56 Å². The highest BCUT2D eigenvalue weighted by Gasteiger charge is 2.31. The zero-order chi connectivity index (χ0) is 22.7. The molecule has 0 fully saturated rings. The number of anilines is 1. The van der Waals surface area contributed by atoms with Gasteiger partial charge < -0.3 is 9.73 Å². The standard InChI is InChI=1S/C20H15F3N6O2S/c1-12-2-4-13(5-3-12)18-27-28-19(31-18)32-9-17(30)26-15-8-14(20(21,22)23)6-7-16(15)29-11-24-10-25-29/h2-8,10-11H,9H2,1H3,(H,26,30). The Bertz CT molecular complexity index is 1220. The topological polar surface area (TPSA) is 98.7 Å². The number of amides is 1. The van der Waals surface area contributed by atoms with Gasteiger partial charge in [-0.1, -0.05) is 29.5 Å². The molecule has 0 aliphatic rings. The van der Waals surface area contributed by atoms with Gasteiger partial charge in [0.25, 0.3) is 5.22 Å². The molecule has 0 saturated heterocycles. The largest absolute Gasteiger partial charge is 0.416 e. The number of aryl methyl sites for hydroxylation is 1. The third-order valence-corrected chi connectivity index (χ3v) is 5.11. The van der Waals surface area contributed by atoms with E-state index in [1.165, 1.54) is 23.4 Å². The average molecular weight is 460 g/mol. The van der Waals surface area contributed by atoms with E-state index >= 15 is 0 Å². The van der Waals surface area contributed by atoms with E-state index in [0.717, 1.165) is 35.0 Å². The third-order valence-electron chi connectivity index (χ3n) is 4.30. The molecule has 0 unspecified atom stereocenters. The number of hydrogen-bond acceptors (Lipinski definition) is 7. The van der Waals surface area contributed by atoms with Gasteiger partial charge in [0.2, 0.25) is 11.8 Å². The second kappa shape index (κ2) is 8.83. The van der Waals surface area contributed by atoms with Crippen LogP contribution in [0.4, 0.5) is 18.9 Å². The molecule has 1 amide bonds. The van der Waals surface area contributed by atoms with E-state index in [0.29, 0.717) is 5.89 Å². The molecule has 0 spiro atoms. The van der Waals surface area contributed by atoms with Gasteiger partial charge >= 0.3 is 6.18 Å². The Balaban J connectivity index is 1.46. The first kappa shape index (κ1) is 21.6. The maximum atomic E-state index is 13.1. The monoisotopic (exact) mass is 460 g/mol. The minimum absolute atomic E-state index is 0.0539. The molecule has 1 N–H and O–H groups in total. The molecular weight excluding hydrogens is 445 g/mol. The van der Waals surface area contributed by atoms with Crippen molar-refractivity contribution < 1.29 is 22.4 Å². The molecule has 12 heteroatoms. The van der Waals surface area contributed by atoms with Crippen LogP contribution in [0.5, 0.6) is 0 Å². The van der Waals surface area contributed by atoms with Crippen LogP contribution in [0.3, 0.4) is 0 Å². The van der Waals surface area contributed by atoms with E-state index in [4.69, 9.17) is 4.42 Å². The minimum atomic E-state index is -4.56. The van der Waals surface area contributed by atoms with Crippen molar-refractivity contribution in [3.63, 3.8) is 0 Å². The number of nitrogens with zero attached hydrogens (tertiary/aromatic N) is 5. The van der Waals surface area contributed by atoms with E-state index in [1.54, 1.807) is 0 Å². The van der Waals surface area contributed by atoms with Crippen molar-refractivity contribution in [1.82, 2.24) is 25.0 Å². The number of halogens is 3. The number of hydrogen-bond donors (Lipinski definition) is 1. The molecule has 0 saturated carbocycles. The van der Waals surface area contributed by atoms with Gasteiger partial charge in [-0.3, -0.25) is 4.79 Å². The molecule has 4 rings (SSSR count). The highest BCUT2D eigenvalue weighted by atomic mass is 32.2. The normalized spacial score (nSPS) is 11.5. The summed E-state index contributed by atoms with van der Waals surface area (Å²) in [5.41, 5.74) is 1.11. The zero-order valence-corrected chi connectivity index (χ0v) is 17.3. The third kappa shape index (κ3) is 4.97. The van der Waals surface area contributed by atoms with Crippen LogP contribution in [-0.2, 0) is 11.0 Å². The van der Waals surface area contributed by atoms with E-state index in [-0.39, 0.29) is 22.4 Å². The summed E-state index contributed by atoms with van der Waals surface area (Å²) in [6, 6.07) is 10.5. The summed E-state index contributed by atoms with van der Waals surface area (Å²) in [6.07, 6.45) is -2.01. The van der Waals surface area contributed by atoms with Gasteiger partial charge in [0.15, 0.2) is 0 Å². The highest BCUT2D eigenvalue weighted by molar-refractivity contribution is 7.99. The number of nitrogens with one attached hydrogen (secondary N) is 1. The van der Waals surface area contributed by atoms with Crippen LogP contribution in [0, 0.1) is 6.92 Å². The first-order valence-corrected chi connectivity index (χ1v) is 10.2. The van der Waals surface area contributed by atoms with Crippen LogP contribution in [-0.4, -0.2) is 36.6 Å². The van der Waals surface area contributed by atoms with Crippen LogP contribution >= 0.6 is 11.8 Å². The summed E-state index contributed by atoms with van der Waals surface area (Å²) < 4.78 is 46.2. The lowest BCUT2D eigenvalue weighted by Gasteiger charge is -2.14. The molecular formula is C20H15F3N6O2S. The molecule has 0 bridgehead atoms. The number of carbonyl (C=O) groups is 1. The van der Waals surface area contributed by atoms with Crippen molar-refractivity contribution in [2.75, 3.05) is 11.1 Å². The summed E-state index contributed by atoms with van der Waals surface area (Å²) in [5, 5.41) is 14.4. The summed E-state index contributed by atoms with van der Waals surface area (Å²) in [5.74, 6) is -0.396. The van der Waals surface area contributed by atoms with Crippen molar-refractivity contribution in [1.29, 1.82) is 0 Å². The molecule has 32 heavy (non-hydrogen) atoms. The summed E-state index contributed by atoms with van der Waals surface area (Å²) in [6.45, 7) is 1.95. The molecule has 0 aliphatic heterocycles. The Morgan fingerprint density at radius 1 is 1.16 bits per heavy atom. The van der Waals surface area contributed by atoms with Crippen molar-refractivity contribution in [3.8, 4) is 17.1 Å². The Morgan fingerprint density at radius 2 is 1.94 bits per heavy atom. The summed E-state index contributed by atoms with van der Waals surface area (Å²) >= 11 is 0.970. The SMILES string of the molecule is Cc1ccc(-c2nnc(SCC(=O)Nc3cc(C(F)(F)F)ccc3-n3cncn3)o2)cc1. The molecule has 0 aliphatic carbocycles. The van der Waals surface area contributed by atoms with Gasteiger partial charge in [-0.15, -0.1) is 10.2 Å². The number of thioether (sulfide) groups is 1. The fourth-order valence-corrected chi connectivity index (χ4v) is 3.30. The van der Waals surface area contributed by atoms with E-state index in [1.807, 2.05) is 31.2 Å². The van der Waals surface area contributed by atoms with Crippen molar-refractivity contribution >= 4 is 23.4 Å². The highest BCUT2D eigenvalue weighted by Crippen LogP contribution is 2.33. The van der Waals surface area contributed by atoms with E-state index in [9.17, 15) is 18.0 Å². The second-order valence-electron chi connectivity index (χ2n) is 6.65. The molecule has 0 radical (unpaired) electrons. The quantitative estimate of drug-likeness (QED) is 0.427. The molecule has 4 aromatic rings. The van der Waals surface area contributed by atoms with Crippen LogP contribution in [0.15, 0.2) is 64.8 Å². The number of carbonyl (C=O) groups excluding carboxylic acids is 1. The Morgan fingerprint density at radius 3 is 2.62 bits per heavy atom. The van der Waals surface area contributed by atoms with Crippen LogP contribution < -0.4 is 5.32 Å². The first-order chi connectivity index (χ1) is 15.3. The van der Waals surface area contributed by atoms with Crippen LogP contribution in [0.2, 0.25) is 0 Å². The van der Waals surface area contributed by atoms with Crippen molar-refractivity contribution in [3.05, 3.63) is 66.2 Å². The lowest BCUT2D eigenvalue weighted by Crippen LogP contribution is -2.17. The summed E-state index contributed by atoms with van der Waals surface area (Å²) in [4.78, 5) is 16.2. The molecule has 2 aromatic carbocycles. The molecule has 8 nitrogen and oxygen atoms in total. The zero-order valence-electron chi connectivity index (χ0n) is 16.5. The lowest BCUT2D eigenvalue weighted by atomic mass is 10.1. The van der Waals surface area contributed by atoms with E-state index < -0.39 is 17.6 Å². The molecule has 0 atom stereocenters. The van der Waals surface area contributed by atoms with Gasteiger partial charge in [-0.2, -0.15) is 18.3 Å². The van der Waals surface area contributed by atoms with Crippen molar-refractivity contribution in [2.45, 2.75) is 18.3 Å². The average Bonchev–Trinajstić information content (AvgIpc) is 3.44. The van der Waals surface area contributed by atoms with Crippen molar-refractivity contribution in [2.24, 2.45) is 0 Å².